The number of aromatic amines is 1. The van der Waals surface area contributed by atoms with Crippen LogP contribution in [0, 0.1) is 11.3 Å². The van der Waals surface area contributed by atoms with Crippen molar-refractivity contribution in [2.75, 3.05) is 0 Å². The normalized spacial score (nSPS) is 12.3. The van der Waals surface area contributed by atoms with Crippen molar-refractivity contribution >= 4 is 34.7 Å². The van der Waals surface area contributed by atoms with E-state index < -0.39 is 5.25 Å². The smallest absolute Gasteiger partial charge is 0.170 e. The van der Waals surface area contributed by atoms with E-state index in [0.717, 1.165) is 22.0 Å². The van der Waals surface area contributed by atoms with Gasteiger partial charge in [0.1, 0.15) is 5.52 Å². The van der Waals surface area contributed by atoms with E-state index in [-0.39, 0.29) is 0 Å². The Bertz CT molecular complexity index is 1060. The average molecular weight is 317 g/mol. The highest BCUT2D eigenvalue weighted by molar-refractivity contribution is 7.80. The zero-order valence-electron chi connectivity index (χ0n) is 11.9. The molecule has 0 saturated heterocycles. The topological polar surface area (TPSA) is 78.2 Å². The van der Waals surface area contributed by atoms with Crippen LogP contribution in [0.1, 0.15) is 22.2 Å². The van der Waals surface area contributed by atoms with E-state index in [1.165, 1.54) is 0 Å². The highest BCUT2D eigenvalue weighted by atomic mass is 32.1. The van der Waals surface area contributed by atoms with Crippen LogP contribution in [0.15, 0.2) is 48.5 Å². The number of fused-ring (bicyclic) bond motifs is 3. The molecule has 5 nitrogen and oxygen atoms in total. The molecule has 1 unspecified atom stereocenters. The molecule has 0 aliphatic heterocycles. The minimum absolute atomic E-state index is 0.408. The molecule has 0 bridgehead atoms. The predicted molar refractivity (Wildman–Crippen MR) is 91.2 cm³/mol. The Balaban J connectivity index is 1.86. The first-order valence-electron chi connectivity index (χ1n) is 7.06. The van der Waals surface area contributed by atoms with Crippen LogP contribution in [0.5, 0.6) is 0 Å². The second-order valence-electron chi connectivity index (χ2n) is 5.14. The van der Waals surface area contributed by atoms with E-state index >= 15 is 0 Å². The van der Waals surface area contributed by atoms with Crippen molar-refractivity contribution in [3.05, 3.63) is 65.5 Å². The largest absolute Gasteiger partial charge is 0.338 e. The molecule has 2 aromatic heterocycles. The number of aromatic nitrogens is 4. The molecule has 0 aliphatic rings. The first-order chi connectivity index (χ1) is 11.3. The summed E-state index contributed by atoms with van der Waals surface area (Å²) in [6.45, 7) is 0. The standard InChI is InChI=1S/C17H11N5S/c18-9-10-5-1-2-6-11(10)15(23)17-20-16-14(21-22-17)12-7-3-4-8-13(12)19-16/h1-8,15,23H,(H,19,20,22). The SMILES string of the molecule is N#Cc1ccccc1C(S)c1nnc2c(n1)[nH]c1ccccc12. The van der Waals surface area contributed by atoms with Crippen molar-refractivity contribution in [2.24, 2.45) is 0 Å². The maximum atomic E-state index is 9.23. The summed E-state index contributed by atoms with van der Waals surface area (Å²) in [6.07, 6.45) is 0. The number of nitrogens with one attached hydrogen (secondary N) is 1. The fraction of sp³-hybridized carbons (Fsp3) is 0.0588. The van der Waals surface area contributed by atoms with Gasteiger partial charge in [0, 0.05) is 10.9 Å². The van der Waals surface area contributed by atoms with Crippen LogP contribution < -0.4 is 0 Å². The van der Waals surface area contributed by atoms with Crippen molar-refractivity contribution < 1.29 is 0 Å². The summed E-state index contributed by atoms with van der Waals surface area (Å²) in [4.78, 5) is 7.79. The van der Waals surface area contributed by atoms with Crippen LogP contribution >= 0.6 is 12.6 Å². The van der Waals surface area contributed by atoms with E-state index in [1.807, 2.05) is 42.5 Å². The van der Waals surface area contributed by atoms with E-state index in [9.17, 15) is 5.26 Å². The fourth-order valence-corrected chi connectivity index (χ4v) is 2.96. The molecule has 0 spiro atoms. The number of benzene rings is 2. The highest BCUT2D eigenvalue weighted by Gasteiger charge is 2.18. The molecule has 4 rings (SSSR count). The van der Waals surface area contributed by atoms with Gasteiger partial charge in [-0.15, -0.1) is 10.2 Å². The monoisotopic (exact) mass is 317 g/mol. The Labute approximate surface area is 137 Å². The van der Waals surface area contributed by atoms with E-state index in [4.69, 9.17) is 0 Å². The molecule has 4 aromatic rings. The van der Waals surface area contributed by atoms with Crippen LogP contribution in [0.2, 0.25) is 0 Å². The molecule has 1 atom stereocenters. The summed E-state index contributed by atoms with van der Waals surface area (Å²) in [5.41, 5.74) is 3.71. The van der Waals surface area contributed by atoms with Crippen LogP contribution in [0.25, 0.3) is 22.1 Å². The number of nitrogens with zero attached hydrogens (tertiary/aromatic N) is 4. The minimum Gasteiger partial charge on any atom is -0.338 e. The molecule has 2 heterocycles. The van der Waals surface area contributed by atoms with Gasteiger partial charge in [0.15, 0.2) is 11.5 Å². The summed E-state index contributed by atoms with van der Waals surface area (Å²) in [5, 5.41) is 18.3. The summed E-state index contributed by atoms with van der Waals surface area (Å²) in [7, 11) is 0. The number of hydrogen-bond acceptors (Lipinski definition) is 5. The Morgan fingerprint density at radius 3 is 2.70 bits per heavy atom. The van der Waals surface area contributed by atoms with Crippen LogP contribution in [0.4, 0.5) is 0 Å². The number of para-hydroxylation sites is 1. The fourth-order valence-electron chi connectivity index (χ4n) is 2.63. The Morgan fingerprint density at radius 2 is 1.83 bits per heavy atom. The third-order valence-electron chi connectivity index (χ3n) is 3.76. The second kappa shape index (κ2) is 5.38. The molecule has 0 radical (unpaired) electrons. The molecule has 23 heavy (non-hydrogen) atoms. The highest BCUT2D eigenvalue weighted by Crippen LogP contribution is 2.29. The van der Waals surface area contributed by atoms with Crippen LogP contribution in [-0.2, 0) is 0 Å². The summed E-state index contributed by atoms with van der Waals surface area (Å²) >= 11 is 4.59. The van der Waals surface area contributed by atoms with Crippen molar-refractivity contribution in [1.29, 1.82) is 5.26 Å². The maximum absolute atomic E-state index is 9.23. The van der Waals surface area contributed by atoms with Crippen LogP contribution in [-0.4, -0.2) is 20.2 Å². The third-order valence-corrected chi connectivity index (χ3v) is 4.27. The molecule has 1 N–H and O–H groups in total. The molecular weight excluding hydrogens is 306 g/mol. The van der Waals surface area contributed by atoms with Crippen molar-refractivity contribution in [3.8, 4) is 6.07 Å². The Hall–Kier alpha value is -2.91. The van der Waals surface area contributed by atoms with Crippen molar-refractivity contribution in [1.82, 2.24) is 20.2 Å². The van der Waals surface area contributed by atoms with Gasteiger partial charge in [-0.05, 0) is 17.7 Å². The molecule has 2 aromatic carbocycles. The van der Waals surface area contributed by atoms with E-state index in [1.54, 1.807) is 6.07 Å². The number of hydrogen-bond donors (Lipinski definition) is 2. The number of thiol groups is 1. The zero-order chi connectivity index (χ0) is 15.8. The van der Waals surface area contributed by atoms with Gasteiger partial charge < -0.3 is 4.98 Å². The first kappa shape index (κ1) is 13.7. The lowest BCUT2D eigenvalue weighted by atomic mass is 10.0. The molecule has 0 amide bonds. The molecule has 0 fully saturated rings. The zero-order valence-corrected chi connectivity index (χ0v) is 12.8. The van der Waals surface area contributed by atoms with E-state index in [2.05, 4.69) is 38.9 Å². The summed E-state index contributed by atoms with van der Waals surface area (Å²) in [5.74, 6) is 0.468. The average Bonchev–Trinajstić information content (AvgIpc) is 2.98. The molecular formula is C17H11N5S. The van der Waals surface area contributed by atoms with Gasteiger partial charge in [0.25, 0.3) is 0 Å². The Kier molecular flexibility index (Phi) is 3.21. The van der Waals surface area contributed by atoms with Gasteiger partial charge in [0.05, 0.1) is 16.9 Å². The van der Waals surface area contributed by atoms with Crippen molar-refractivity contribution in [2.45, 2.75) is 5.25 Å². The van der Waals surface area contributed by atoms with Gasteiger partial charge in [-0.3, -0.25) is 0 Å². The molecule has 110 valence electrons. The lowest BCUT2D eigenvalue weighted by molar-refractivity contribution is 0.888. The predicted octanol–water partition coefficient (Wildman–Crippen LogP) is 3.40. The minimum atomic E-state index is -0.408. The van der Waals surface area contributed by atoms with Gasteiger partial charge in [-0.25, -0.2) is 4.98 Å². The number of nitriles is 1. The molecule has 6 heteroatoms. The lowest BCUT2D eigenvalue weighted by Crippen LogP contribution is -2.04. The van der Waals surface area contributed by atoms with Gasteiger partial charge >= 0.3 is 0 Å². The quantitative estimate of drug-likeness (QED) is 0.555. The first-order valence-corrected chi connectivity index (χ1v) is 7.57. The van der Waals surface area contributed by atoms with Crippen LogP contribution in [0.3, 0.4) is 0 Å². The molecule has 0 saturated carbocycles. The Morgan fingerprint density at radius 1 is 1.04 bits per heavy atom. The maximum Gasteiger partial charge on any atom is 0.170 e. The number of H-pyrrole nitrogens is 1. The second-order valence-corrected chi connectivity index (χ2v) is 5.66. The van der Waals surface area contributed by atoms with Gasteiger partial charge in [-0.2, -0.15) is 17.9 Å². The third kappa shape index (κ3) is 2.22. The number of rotatable bonds is 2. The van der Waals surface area contributed by atoms with E-state index in [0.29, 0.717) is 17.0 Å². The summed E-state index contributed by atoms with van der Waals surface area (Å²) < 4.78 is 0. The summed E-state index contributed by atoms with van der Waals surface area (Å²) in [6, 6.07) is 17.3. The lowest BCUT2D eigenvalue weighted by Gasteiger charge is -2.10. The molecule has 0 aliphatic carbocycles. The van der Waals surface area contributed by atoms with Gasteiger partial charge in [0.2, 0.25) is 0 Å². The van der Waals surface area contributed by atoms with Gasteiger partial charge in [-0.1, -0.05) is 36.4 Å². The van der Waals surface area contributed by atoms with Crippen molar-refractivity contribution in [3.63, 3.8) is 0 Å².